The fourth-order valence-electron chi connectivity index (χ4n) is 9.05. The van der Waals surface area contributed by atoms with E-state index in [-0.39, 0.29) is 5.41 Å². The predicted molar refractivity (Wildman–Crippen MR) is 217 cm³/mol. The van der Waals surface area contributed by atoms with Gasteiger partial charge in [-0.05, 0) is 64.7 Å². The zero-order valence-corrected chi connectivity index (χ0v) is 29.5. The lowest BCUT2D eigenvalue weighted by Crippen LogP contribution is -2.15. The van der Waals surface area contributed by atoms with Crippen LogP contribution in [0.3, 0.4) is 0 Å². The van der Waals surface area contributed by atoms with Gasteiger partial charge in [-0.3, -0.25) is 4.57 Å². The maximum absolute atomic E-state index is 6.53. The molecule has 11 aromatic rings. The van der Waals surface area contributed by atoms with E-state index in [9.17, 15) is 0 Å². The molecule has 0 saturated heterocycles. The first-order valence-electron chi connectivity index (χ1n) is 18.3. The largest absolute Gasteiger partial charge is 0.456 e. The van der Waals surface area contributed by atoms with Gasteiger partial charge in [0.1, 0.15) is 22.3 Å². The molecule has 0 N–H and O–H groups in total. The second-order valence-corrected chi connectivity index (χ2v) is 14.8. The molecule has 0 saturated carbocycles. The molecule has 54 heavy (non-hydrogen) atoms. The molecule has 1 aliphatic rings. The van der Waals surface area contributed by atoms with Crippen LogP contribution >= 0.6 is 0 Å². The van der Waals surface area contributed by atoms with E-state index < -0.39 is 0 Å². The number of furan rings is 2. The second kappa shape index (κ2) is 10.5. The van der Waals surface area contributed by atoms with Crippen molar-refractivity contribution in [2.24, 2.45) is 0 Å². The summed E-state index contributed by atoms with van der Waals surface area (Å²) in [6.07, 6.45) is 0. The highest BCUT2D eigenvalue weighted by atomic mass is 16.3. The van der Waals surface area contributed by atoms with Crippen molar-refractivity contribution >= 4 is 65.7 Å². The van der Waals surface area contributed by atoms with Gasteiger partial charge in [-0.15, -0.1) is 0 Å². The number of benzene rings is 7. The molecule has 4 heterocycles. The molecule has 254 valence electrons. The van der Waals surface area contributed by atoms with Crippen LogP contribution < -0.4 is 0 Å². The minimum absolute atomic E-state index is 0.200. The molecule has 6 heteroatoms. The SMILES string of the molecule is CC1(C)c2ccccc2-c2ccc3c(c21)c1ccccc1n3-c1nc(-c2ccc3c(c2)oc2ccccc23)nc(-c2cccc3c2oc2ccccc23)n1. The Balaban J connectivity index is 1.16. The Kier molecular flexibility index (Phi) is 5.75. The predicted octanol–water partition coefficient (Wildman–Crippen LogP) is 12.4. The molecular weight excluding hydrogens is 665 g/mol. The van der Waals surface area contributed by atoms with Crippen molar-refractivity contribution in [3.8, 4) is 39.9 Å². The number of aromatic nitrogens is 4. The van der Waals surface area contributed by atoms with Crippen molar-refractivity contribution in [1.29, 1.82) is 0 Å². The van der Waals surface area contributed by atoms with Gasteiger partial charge >= 0.3 is 0 Å². The lowest BCUT2D eigenvalue weighted by molar-refractivity contribution is 0.666. The van der Waals surface area contributed by atoms with E-state index >= 15 is 0 Å². The van der Waals surface area contributed by atoms with Gasteiger partial charge in [0.05, 0.1) is 16.6 Å². The van der Waals surface area contributed by atoms with Gasteiger partial charge in [0.25, 0.3) is 0 Å². The smallest absolute Gasteiger partial charge is 0.238 e. The Bertz CT molecular complexity index is 3380. The van der Waals surface area contributed by atoms with Gasteiger partial charge in [0.2, 0.25) is 5.95 Å². The molecule has 1 aliphatic carbocycles. The molecule has 12 rings (SSSR count). The molecule has 0 bridgehead atoms. The lowest BCUT2D eigenvalue weighted by Gasteiger charge is -2.22. The van der Waals surface area contributed by atoms with Gasteiger partial charge in [-0.25, -0.2) is 4.98 Å². The minimum atomic E-state index is -0.200. The third kappa shape index (κ3) is 3.91. The summed E-state index contributed by atoms with van der Waals surface area (Å²) >= 11 is 0. The van der Waals surface area contributed by atoms with E-state index in [1.807, 2.05) is 54.6 Å². The summed E-state index contributed by atoms with van der Waals surface area (Å²) in [6, 6.07) is 50.5. The first-order chi connectivity index (χ1) is 26.5. The number of hydrogen-bond donors (Lipinski definition) is 0. The van der Waals surface area contributed by atoms with E-state index in [0.717, 1.165) is 71.4 Å². The van der Waals surface area contributed by atoms with Crippen LogP contribution in [0.5, 0.6) is 0 Å². The Morgan fingerprint density at radius 3 is 2.02 bits per heavy atom. The summed E-state index contributed by atoms with van der Waals surface area (Å²) in [5, 5.41) is 6.59. The van der Waals surface area contributed by atoms with E-state index in [4.69, 9.17) is 23.8 Å². The normalized spacial score (nSPS) is 13.5. The van der Waals surface area contributed by atoms with Crippen LogP contribution in [0, 0.1) is 0 Å². The fourth-order valence-corrected chi connectivity index (χ4v) is 9.05. The van der Waals surface area contributed by atoms with Crippen molar-refractivity contribution in [3.05, 3.63) is 157 Å². The van der Waals surface area contributed by atoms with Crippen LogP contribution in [0.4, 0.5) is 0 Å². The zero-order valence-electron chi connectivity index (χ0n) is 29.5. The molecule has 6 nitrogen and oxygen atoms in total. The highest BCUT2D eigenvalue weighted by molar-refractivity contribution is 6.14. The molecule has 7 aromatic carbocycles. The fraction of sp³-hybridized carbons (Fsp3) is 0.0625. The molecular formula is C48H30N4O2. The van der Waals surface area contributed by atoms with E-state index in [2.05, 4.69) is 109 Å². The average Bonchev–Trinajstić information content (AvgIpc) is 3.94. The third-order valence-electron chi connectivity index (χ3n) is 11.5. The lowest BCUT2D eigenvalue weighted by atomic mass is 9.80. The highest BCUT2D eigenvalue weighted by Gasteiger charge is 2.38. The maximum atomic E-state index is 6.53. The summed E-state index contributed by atoms with van der Waals surface area (Å²) in [5.41, 5.74) is 12.0. The first kappa shape index (κ1) is 29.5. The molecule has 0 spiro atoms. The highest BCUT2D eigenvalue weighted by Crippen LogP contribution is 2.53. The summed E-state index contributed by atoms with van der Waals surface area (Å²) in [5.74, 6) is 1.61. The summed E-state index contributed by atoms with van der Waals surface area (Å²) in [7, 11) is 0. The van der Waals surface area contributed by atoms with Gasteiger partial charge in [-0.2, -0.15) is 9.97 Å². The number of rotatable bonds is 3. The van der Waals surface area contributed by atoms with Crippen LogP contribution in [0.15, 0.2) is 154 Å². The van der Waals surface area contributed by atoms with Crippen molar-refractivity contribution in [2.45, 2.75) is 19.3 Å². The standard InChI is InChI=1S/C48H30N4O2/c1-48(2)36-18-7-3-12-28(36)32-24-25-38-42(43(32)48)34-15-4-8-19-37(34)52(38)47-50-45(27-22-23-31-29-13-5-9-20-39(29)53-41(31)26-27)49-46(51-47)35-17-11-16-33-30-14-6-10-21-40(30)54-44(33)35/h3-26H,1-2H3. The molecule has 0 amide bonds. The Labute approximate surface area is 309 Å². The molecule has 4 aromatic heterocycles. The topological polar surface area (TPSA) is 69.9 Å². The average molecular weight is 695 g/mol. The van der Waals surface area contributed by atoms with Crippen molar-refractivity contribution in [2.75, 3.05) is 0 Å². The van der Waals surface area contributed by atoms with E-state index in [0.29, 0.717) is 17.6 Å². The van der Waals surface area contributed by atoms with Crippen molar-refractivity contribution < 1.29 is 8.83 Å². The molecule has 0 fully saturated rings. The number of fused-ring (bicyclic) bond motifs is 13. The summed E-state index contributed by atoms with van der Waals surface area (Å²) in [4.78, 5) is 15.8. The van der Waals surface area contributed by atoms with E-state index in [1.165, 1.54) is 27.6 Å². The van der Waals surface area contributed by atoms with Crippen LogP contribution in [0.2, 0.25) is 0 Å². The molecule has 0 radical (unpaired) electrons. The van der Waals surface area contributed by atoms with Crippen molar-refractivity contribution in [3.63, 3.8) is 0 Å². The summed E-state index contributed by atoms with van der Waals surface area (Å²) < 4.78 is 15.1. The summed E-state index contributed by atoms with van der Waals surface area (Å²) in [6.45, 7) is 4.68. The number of para-hydroxylation sites is 4. The van der Waals surface area contributed by atoms with Crippen molar-refractivity contribution in [1.82, 2.24) is 19.5 Å². The molecule has 0 atom stereocenters. The van der Waals surface area contributed by atoms with Gasteiger partial charge in [0.15, 0.2) is 11.6 Å². The van der Waals surface area contributed by atoms with Gasteiger partial charge in [0, 0.05) is 43.3 Å². The van der Waals surface area contributed by atoms with Crippen LogP contribution in [0.25, 0.3) is 106 Å². The first-order valence-corrected chi connectivity index (χ1v) is 18.3. The number of nitrogens with zero attached hydrogens (tertiary/aromatic N) is 4. The van der Waals surface area contributed by atoms with Crippen LogP contribution in [-0.2, 0) is 5.41 Å². The monoisotopic (exact) mass is 694 g/mol. The van der Waals surface area contributed by atoms with Gasteiger partial charge < -0.3 is 8.83 Å². The minimum Gasteiger partial charge on any atom is -0.456 e. The Hall–Kier alpha value is -7.05. The Morgan fingerprint density at radius 2 is 1.15 bits per heavy atom. The van der Waals surface area contributed by atoms with E-state index in [1.54, 1.807) is 0 Å². The van der Waals surface area contributed by atoms with Crippen LogP contribution in [0.1, 0.15) is 25.0 Å². The zero-order chi connectivity index (χ0) is 35.7. The quantitative estimate of drug-likeness (QED) is 0.184. The second-order valence-electron chi connectivity index (χ2n) is 14.8. The Morgan fingerprint density at radius 1 is 0.481 bits per heavy atom. The third-order valence-corrected chi connectivity index (χ3v) is 11.5. The maximum Gasteiger partial charge on any atom is 0.238 e. The van der Waals surface area contributed by atoms with Gasteiger partial charge in [-0.1, -0.05) is 117 Å². The molecule has 0 unspecified atom stereocenters. The molecule has 0 aliphatic heterocycles. The number of hydrogen-bond acceptors (Lipinski definition) is 5. The van der Waals surface area contributed by atoms with Crippen LogP contribution in [-0.4, -0.2) is 19.5 Å².